The Kier molecular flexibility index (Phi) is 6.07. The highest BCUT2D eigenvalue weighted by molar-refractivity contribution is 5.26. The van der Waals surface area contributed by atoms with Gasteiger partial charge in [0.2, 0.25) is 0 Å². The van der Waals surface area contributed by atoms with Crippen LogP contribution in [0.1, 0.15) is 5.56 Å². The third-order valence-electron chi connectivity index (χ3n) is 2.19. The maximum atomic E-state index is 9.46. The highest BCUT2D eigenvalue weighted by Crippen LogP contribution is 2.11. The quantitative estimate of drug-likeness (QED) is 0.736. The van der Waals surface area contributed by atoms with Gasteiger partial charge in [0.25, 0.3) is 0 Å². The molecule has 1 N–H and O–H groups in total. The van der Waals surface area contributed by atoms with E-state index in [0.29, 0.717) is 6.61 Å². The van der Waals surface area contributed by atoms with E-state index in [1.807, 2.05) is 24.3 Å². The number of aliphatic hydroxyl groups is 1. The highest BCUT2D eigenvalue weighted by Gasteiger charge is 1.99. The van der Waals surface area contributed by atoms with Crippen LogP contribution in [-0.4, -0.2) is 24.9 Å². The van der Waals surface area contributed by atoms with Crippen LogP contribution in [-0.2, 0) is 11.3 Å². The predicted octanol–water partition coefficient (Wildman–Crippen LogP) is 2.31. The Morgan fingerprint density at radius 3 is 2.65 bits per heavy atom. The van der Waals surface area contributed by atoms with Crippen molar-refractivity contribution in [3.8, 4) is 5.75 Å². The number of ether oxygens (including phenoxy) is 2. The zero-order valence-corrected chi connectivity index (χ0v) is 10.0. The van der Waals surface area contributed by atoms with E-state index in [2.05, 4.69) is 6.58 Å². The van der Waals surface area contributed by atoms with Crippen LogP contribution in [0.5, 0.6) is 5.75 Å². The molecule has 1 aromatic rings. The van der Waals surface area contributed by atoms with E-state index < -0.39 is 6.10 Å². The molecular formula is C14H18O3. The standard InChI is InChI=1S/C14H18O3/c1-3-4-5-13(15)11-17-10-12-6-8-14(16-2)9-7-12/h3-9,13,15H,1,10-11H2,2H3/b5-4+/t13-/m1/s1. The van der Waals surface area contributed by atoms with Crippen molar-refractivity contribution in [1.82, 2.24) is 0 Å². The van der Waals surface area contributed by atoms with Crippen LogP contribution >= 0.6 is 0 Å². The number of hydrogen-bond donors (Lipinski definition) is 1. The molecule has 0 heterocycles. The first-order chi connectivity index (χ1) is 8.26. The number of hydrogen-bond acceptors (Lipinski definition) is 3. The van der Waals surface area contributed by atoms with Gasteiger partial charge in [-0.3, -0.25) is 0 Å². The molecule has 1 rings (SSSR count). The molecule has 0 bridgehead atoms. The van der Waals surface area contributed by atoms with Crippen molar-refractivity contribution >= 4 is 0 Å². The highest BCUT2D eigenvalue weighted by atomic mass is 16.5. The van der Waals surface area contributed by atoms with E-state index in [-0.39, 0.29) is 6.61 Å². The molecule has 0 saturated carbocycles. The van der Waals surface area contributed by atoms with Crippen LogP contribution in [0.3, 0.4) is 0 Å². The molecule has 0 amide bonds. The first-order valence-electron chi connectivity index (χ1n) is 5.44. The summed E-state index contributed by atoms with van der Waals surface area (Å²) < 4.78 is 10.4. The molecule has 0 aromatic heterocycles. The summed E-state index contributed by atoms with van der Waals surface area (Å²) in [4.78, 5) is 0. The SMILES string of the molecule is C=C/C=C/[C@@H](O)COCc1ccc(OC)cc1. The van der Waals surface area contributed by atoms with E-state index in [0.717, 1.165) is 11.3 Å². The average molecular weight is 234 g/mol. The fraction of sp³-hybridized carbons (Fsp3) is 0.286. The zero-order chi connectivity index (χ0) is 12.5. The molecule has 0 spiro atoms. The summed E-state index contributed by atoms with van der Waals surface area (Å²) in [7, 11) is 1.63. The maximum Gasteiger partial charge on any atom is 0.118 e. The fourth-order valence-corrected chi connectivity index (χ4v) is 1.28. The van der Waals surface area contributed by atoms with Gasteiger partial charge < -0.3 is 14.6 Å². The molecule has 0 saturated heterocycles. The van der Waals surface area contributed by atoms with Crippen LogP contribution in [0.2, 0.25) is 0 Å². The lowest BCUT2D eigenvalue weighted by molar-refractivity contribution is 0.0503. The molecule has 0 aliphatic heterocycles. The third kappa shape index (κ3) is 5.33. The van der Waals surface area contributed by atoms with Crippen molar-refractivity contribution in [2.75, 3.05) is 13.7 Å². The van der Waals surface area contributed by atoms with Crippen LogP contribution in [0.15, 0.2) is 49.1 Å². The van der Waals surface area contributed by atoms with Crippen LogP contribution in [0.4, 0.5) is 0 Å². The summed E-state index contributed by atoms with van der Waals surface area (Å²) in [6.07, 6.45) is 4.36. The molecule has 92 valence electrons. The van der Waals surface area contributed by atoms with Gasteiger partial charge in [0.05, 0.1) is 26.4 Å². The van der Waals surface area contributed by atoms with E-state index in [4.69, 9.17) is 9.47 Å². The second-order valence-corrected chi connectivity index (χ2v) is 3.55. The van der Waals surface area contributed by atoms with Crippen LogP contribution < -0.4 is 4.74 Å². The Hall–Kier alpha value is -1.58. The number of methoxy groups -OCH3 is 1. The number of benzene rings is 1. The van der Waals surface area contributed by atoms with Crippen LogP contribution in [0, 0.1) is 0 Å². The summed E-state index contributed by atoms with van der Waals surface area (Å²) in [6, 6.07) is 7.63. The zero-order valence-electron chi connectivity index (χ0n) is 10.0. The summed E-state index contributed by atoms with van der Waals surface area (Å²) in [5.74, 6) is 0.822. The van der Waals surface area contributed by atoms with Gasteiger partial charge in [0.1, 0.15) is 5.75 Å². The molecule has 0 fully saturated rings. The lowest BCUT2D eigenvalue weighted by Gasteiger charge is -2.07. The average Bonchev–Trinajstić information content (AvgIpc) is 2.37. The van der Waals surface area contributed by atoms with E-state index in [1.54, 1.807) is 25.3 Å². The smallest absolute Gasteiger partial charge is 0.118 e. The molecule has 0 aliphatic carbocycles. The van der Waals surface area contributed by atoms with Gasteiger partial charge in [0, 0.05) is 0 Å². The van der Waals surface area contributed by atoms with E-state index in [1.165, 1.54) is 0 Å². The van der Waals surface area contributed by atoms with E-state index in [9.17, 15) is 5.11 Å². The van der Waals surface area contributed by atoms with Crippen molar-refractivity contribution in [3.05, 3.63) is 54.6 Å². The van der Waals surface area contributed by atoms with Crippen molar-refractivity contribution < 1.29 is 14.6 Å². The Bertz CT molecular complexity index is 354. The topological polar surface area (TPSA) is 38.7 Å². The number of aliphatic hydroxyl groups excluding tert-OH is 1. The molecule has 3 heteroatoms. The summed E-state index contributed by atoms with van der Waals surface area (Å²) in [5.41, 5.74) is 1.05. The van der Waals surface area contributed by atoms with Crippen molar-refractivity contribution in [1.29, 1.82) is 0 Å². The van der Waals surface area contributed by atoms with Gasteiger partial charge in [-0.25, -0.2) is 0 Å². The normalized spacial score (nSPS) is 12.6. The van der Waals surface area contributed by atoms with Gasteiger partial charge in [-0.05, 0) is 17.7 Å². The first kappa shape index (κ1) is 13.5. The lowest BCUT2D eigenvalue weighted by atomic mass is 10.2. The Balaban J connectivity index is 2.30. The van der Waals surface area contributed by atoms with Crippen LogP contribution in [0.25, 0.3) is 0 Å². The van der Waals surface area contributed by atoms with Crippen molar-refractivity contribution in [3.63, 3.8) is 0 Å². The molecule has 0 unspecified atom stereocenters. The summed E-state index contributed by atoms with van der Waals surface area (Å²) in [5, 5.41) is 9.46. The molecule has 1 aromatic carbocycles. The molecule has 1 atom stereocenters. The minimum absolute atomic E-state index is 0.274. The fourth-order valence-electron chi connectivity index (χ4n) is 1.28. The van der Waals surface area contributed by atoms with E-state index >= 15 is 0 Å². The van der Waals surface area contributed by atoms with Gasteiger partial charge in [-0.1, -0.05) is 36.9 Å². The van der Waals surface area contributed by atoms with Gasteiger partial charge in [-0.15, -0.1) is 0 Å². The van der Waals surface area contributed by atoms with Gasteiger partial charge in [-0.2, -0.15) is 0 Å². The number of allylic oxidation sites excluding steroid dienone is 2. The summed E-state index contributed by atoms with van der Waals surface area (Å²) >= 11 is 0. The Morgan fingerprint density at radius 2 is 2.06 bits per heavy atom. The molecule has 0 radical (unpaired) electrons. The molecular weight excluding hydrogens is 216 g/mol. The maximum absolute atomic E-state index is 9.46. The Morgan fingerprint density at radius 1 is 1.35 bits per heavy atom. The predicted molar refractivity (Wildman–Crippen MR) is 68.0 cm³/mol. The Labute approximate surface area is 102 Å². The first-order valence-corrected chi connectivity index (χ1v) is 5.44. The van der Waals surface area contributed by atoms with Gasteiger partial charge >= 0.3 is 0 Å². The van der Waals surface area contributed by atoms with Crippen molar-refractivity contribution in [2.45, 2.75) is 12.7 Å². The minimum atomic E-state index is -0.591. The van der Waals surface area contributed by atoms with Crippen molar-refractivity contribution in [2.24, 2.45) is 0 Å². The minimum Gasteiger partial charge on any atom is -0.497 e. The monoisotopic (exact) mass is 234 g/mol. The molecule has 0 aliphatic rings. The summed E-state index contributed by atoms with van der Waals surface area (Å²) in [6.45, 7) is 4.28. The second-order valence-electron chi connectivity index (χ2n) is 3.55. The largest absolute Gasteiger partial charge is 0.497 e. The second kappa shape index (κ2) is 7.65. The van der Waals surface area contributed by atoms with Gasteiger partial charge in [0.15, 0.2) is 0 Å². The molecule has 3 nitrogen and oxygen atoms in total. The molecule has 17 heavy (non-hydrogen) atoms. The lowest BCUT2D eigenvalue weighted by Crippen LogP contribution is -2.11. The third-order valence-corrected chi connectivity index (χ3v) is 2.19. The number of rotatable bonds is 7.